The largest absolute Gasteiger partial charge is 0.456 e. The number of aryl methyl sites for hydroxylation is 1. The second kappa shape index (κ2) is 13.1. The van der Waals surface area contributed by atoms with Gasteiger partial charge >= 0.3 is 0 Å². The van der Waals surface area contributed by atoms with Crippen molar-refractivity contribution in [2.45, 2.75) is 12.8 Å². The zero-order chi connectivity index (χ0) is 41.2. The molecule has 0 atom stereocenters. The Bertz CT molecular complexity index is 4100. The second-order valence-corrected chi connectivity index (χ2v) is 16.6. The Kier molecular flexibility index (Phi) is 7.13. The van der Waals surface area contributed by atoms with Crippen molar-refractivity contribution in [1.29, 1.82) is 0 Å². The number of hydrogen-bond donors (Lipinski definition) is 0. The van der Waals surface area contributed by atoms with Crippen LogP contribution in [0.15, 0.2) is 191 Å². The van der Waals surface area contributed by atoms with Crippen molar-refractivity contribution in [2.24, 2.45) is 0 Å². The Labute approximate surface area is 360 Å². The third kappa shape index (κ3) is 5.03. The van der Waals surface area contributed by atoms with Crippen LogP contribution >= 0.6 is 0 Å². The summed E-state index contributed by atoms with van der Waals surface area (Å²) in [4.78, 5) is 16.5. The molecule has 0 saturated heterocycles. The molecule has 0 fully saturated rings. The Hall–Kier alpha value is -8.35. The standard InChI is InChI=1S/C57H34N4O2/c1-2-16-36-32-47-44(31-35(36)15-1)51-38-19-6-4-14-34(38)27-29-45(51)61(47)46-30-28-40-39-20-7-9-24-48(39)63-54(40)53(46)57-59-55(41-22-11-17-33-13-3-5-18-37(33)41)58-56(60-57)43-23-12-26-50-52(43)42-21-8-10-25-49(42)62-50/h1-27,29,31-32H,28,30H2. The van der Waals surface area contributed by atoms with E-state index in [1.807, 2.05) is 30.3 Å². The van der Waals surface area contributed by atoms with Crippen molar-refractivity contribution >= 4 is 98.3 Å². The molecule has 6 heteroatoms. The van der Waals surface area contributed by atoms with Crippen molar-refractivity contribution in [3.05, 3.63) is 199 Å². The minimum atomic E-state index is 0.555. The first kappa shape index (κ1) is 34.4. The van der Waals surface area contributed by atoms with Crippen LogP contribution in [-0.4, -0.2) is 19.5 Å². The van der Waals surface area contributed by atoms with Crippen molar-refractivity contribution in [3.8, 4) is 22.8 Å². The molecule has 13 aromatic rings. The van der Waals surface area contributed by atoms with E-state index in [0.717, 1.165) is 101 Å². The lowest BCUT2D eigenvalue weighted by molar-refractivity contribution is 0.589. The molecule has 4 heterocycles. The van der Waals surface area contributed by atoms with Gasteiger partial charge in [-0.3, -0.25) is 0 Å². The van der Waals surface area contributed by atoms with Gasteiger partial charge in [-0.2, -0.15) is 0 Å². The molecule has 1 aliphatic carbocycles. The highest BCUT2D eigenvalue weighted by molar-refractivity contribution is 6.24. The maximum Gasteiger partial charge on any atom is 0.169 e. The average Bonchev–Trinajstić information content (AvgIpc) is 4.02. The van der Waals surface area contributed by atoms with E-state index in [2.05, 4.69) is 156 Å². The molecule has 0 radical (unpaired) electrons. The average molecular weight is 807 g/mol. The summed E-state index contributed by atoms with van der Waals surface area (Å²) < 4.78 is 15.9. The van der Waals surface area contributed by atoms with Crippen LogP contribution in [0.25, 0.3) is 121 Å². The molecule has 0 unspecified atom stereocenters. The zero-order valence-electron chi connectivity index (χ0n) is 33.8. The van der Waals surface area contributed by atoms with E-state index >= 15 is 0 Å². The lowest BCUT2D eigenvalue weighted by atomic mass is 9.91. The first-order valence-corrected chi connectivity index (χ1v) is 21.5. The summed E-state index contributed by atoms with van der Waals surface area (Å²) in [6, 6.07) is 64.1. The van der Waals surface area contributed by atoms with E-state index in [1.54, 1.807) is 0 Å². The lowest BCUT2D eigenvalue weighted by Crippen LogP contribution is -2.12. The molecule has 9 aromatic carbocycles. The Morgan fingerprint density at radius 2 is 0.968 bits per heavy atom. The number of rotatable bonds is 4. The first-order chi connectivity index (χ1) is 31.2. The number of aromatic nitrogens is 4. The van der Waals surface area contributed by atoms with E-state index in [4.69, 9.17) is 23.8 Å². The maximum absolute atomic E-state index is 7.04. The van der Waals surface area contributed by atoms with E-state index in [0.29, 0.717) is 17.5 Å². The highest BCUT2D eigenvalue weighted by atomic mass is 16.3. The molecule has 1 aliphatic rings. The number of hydrogen-bond acceptors (Lipinski definition) is 5. The van der Waals surface area contributed by atoms with Gasteiger partial charge in [-0.25, -0.2) is 15.0 Å². The van der Waals surface area contributed by atoms with Crippen molar-refractivity contribution < 1.29 is 8.83 Å². The smallest absolute Gasteiger partial charge is 0.169 e. The van der Waals surface area contributed by atoms with Crippen LogP contribution < -0.4 is 0 Å². The first-order valence-electron chi connectivity index (χ1n) is 21.5. The minimum absolute atomic E-state index is 0.555. The van der Waals surface area contributed by atoms with Crippen LogP contribution in [0.5, 0.6) is 0 Å². The van der Waals surface area contributed by atoms with Crippen LogP contribution in [0.3, 0.4) is 0 Å². The number of allylic oxidation sites excluding steroid dienone is 1. The van der Waals surface area contributed by atoms with Gasteiger partial charge in [0.2, 0.25) is 0 Å². The summed E-state index contributed by atoms with van der Waals surface area (Å²) in [6.07, 6.45) is 1.53. The third-order valence-electron chi connectivity index (χ3n) is 13.2. The maximum atomic E-state index is 7.04. The van der Waals surface area contributed by atoms with Gasteiger partial charge in [-0.15, -0.1) is 0 Å². The van der Waals surface area contributed by atoms with Crippen molar-refractivity contribution in [2.75, 3.05) is 0 Å². The van der Waals surface area contributed by atoms with Gasteiger partial charge < -0.3 is 13.4 Å². The van der Waals surface area contributed by atoms with Gasteiger partial charge in [0.05, 0.1) is 16.6 Å². The van der Waals surface area contributed by atoms with Gasteiger partial charge in [-0.05, 0) is 81.6 Å². The third-order valence-corrected chi connectivity index (χ3v) is 13.2. The molecule has 6 nitrogen and oxygen atoms in total. The second-order valence-electron chi connectivity index (χ2n) is 16.6. The number of fused-ring (bicyclic) bond motifs is 13. The number of para-hydroxylation sites is 2. The zero-order valence-corrected chi connectivity index (χ0v) is 33.8. The fourth-order valence-electron chi connectivity index (χ4n) is 10.4. The molecular weight excluding hydrogens is 773 g/mol. The molecule has 0 N–H and O–H groups in total. The summed E-state index contributed by atoms with van der Waals surface area (Å²) in [5, 5.41) is 12.5. The molecule has 294 valence electrons. The van der Waals surface area contributed by atoms with Gasteiger partial charge in [0.1, 0.15) is 22.5 Å². The fourth-order valence-corrected chi connectivity index (χ4v) is 10.4. The predicted octanol–water partition coefficient (Wildman–Crippen LogP) is 14.8. The molecule has 0 amide bonds. The van der Waals surface area contributed by atoms with E-state index in [-0.39, 0.29) is 0 Å². The Balaban J connectivity index is 1.15. The summed E-state index contributed by atoms with van der Waals surface area (Å²) in [6.45, 7) is 0. The minimum Gasteiger partial charge on any atom is -0.456 e. The van der Waals surface area contributed by atoms with Gasteiger partial charge in [-0.1, -0.05) is 146 Å². The van der Waals surface area contributed by atoms with Crippen LogP contribution in [0.4, 0.5) is 0 Å². The van der Waals surface area contributed by atoms with Crippen LogP contribution in [0, 0.1) is 0 Å². The van der Waals surface area contributed by atoms with Gasteiger partial charge in [0, 0.05) is 49.3 Å². The highest BCUT2D eigenvalue weighted by Crippen LogP contribution is 2.47. The predicted molar refractivity (Wildman–Crippen MR) is 257 cm³/mol. The summed E-state index contributed by atoms with van der Waals surface area (Å²) in [5.74, 6) is 2.50. The Morgan fingerprint density at radius 1 is 0.381 bits per heavy atom. The summed E-state index contributed by atoms with van der Waals surface area (Å²) >= 11 is 0. The molecule has 0 aliphatic heterocycles. The van der Waals surface area contributed by atoms with Crippen LogP contribution in [0.2, 0.25) is 0 Å². The molecule has 63 heavy (non-hydrogen) atoms. The molecule has 0 spiro atoms. The molecular formula is C57H34N4O2. The fraction of sp³-hybridized carbons (Fsp3) is 0.0351. The van der Waals surface area contributed by atoms with Crippen LogP contribution in [0.1, 0.15) is 23.6 Å². The van der Waals surface area contributed by atoms with Gasteiger partial charge in [0.25, 0.3) is 0 Å². The topological polar surface area (TPSA) is 69.9 Å². The van der Waals surface area contributed by atoms with E-state index < -0.39 is 0 Å². The number of furan rings is 2. The normalized spacial score (nSPS) is 13.2. The van der Waals surface area contributed by atoms with Crippen molar-refractivity contribution in [1.82, 2.24) is 19.5 Å². The molecule has 0 saturated carbocycles. The summed E-state index contributed by atoms with van der Waals surface area (Å²) in [7, 11) is 0. The lowest BCUT2D eigenvalue weighted by Gasteiger charge is -2.23. The Morgan fingerprint density at radius 3 is 1.79 bits per heavy atom. The van der Waals surface area contributed by atoms with E-state index in [1.165, 1.54) is 32.3 Å². The van der Waals surface area contributed by atoms with E-state index in [9.17, 15) is 0 Å². The monoisotopic (exact) mass is 806 g/mol. The molecule has 14 rings (SSSR count). The number of nitrogens with zero attached hydrogens (tertiary/aromatic N) is 4. The highest BCUT2D eigenvalue weighted by Gasteiger charge is 2.32. The van der Waals surface area contributed by atoms with Crippen LogP contribution in [-0.2, 0) is 6.42 Å². The summed E-state index contributed by atoms with van der Waals surface area (Å²) in [5.41, 5.74) is 9.62. The number of benzene rings is 9. The van der Waals surface area contributed by atoms with Gasteiger partial charge in [0.15, 0.2) is 17.5 Å². The quantitative estimate of drug-likeness (QED) is 0.177. The molecule has 4 aromatic heterocycles. The SMILES string of the molecule is c1ccc2cc3c(cc2c1)c1c2ccccc2ccc1n3C1=C(c2nc(-c3cccc4ccccc34)nc(-c3cccc4oc5ccccc5c34)n2)c2oc3ccccc3c2CC1. The van der Waals surface area contributed by atoms with Crippen molar-refractivity contribution in [3.63, 3.8) is 0 Å². The molecule has 0 bridgehead atoms.